The predicted octanol–water partition coefficient (Wildman–Crippen LogP) is 3.85. The molecule has 0 saturated carbocycles. The number of halogens is 3. The van der Waals surface area contributed by atoms with Gasteiger partial charge in [0.25, 0.3) is 5.91 Å². The van der Waals surface area contributed by atoms with Crippen LogP contribution in [0.2, 0.25) is 0 Å². The minimum Gasteiger partial charge on any atom is -0.480 e. The number of carbonyl (C=O) groups excluding carboxylic acids is 1. The van der Waals surface area contributed by atoms with E-state index in [1.807, 2.05) is 32.9 Å². The molecule has 0 spiro atoms. The zero-order valence-corrected chi connectivity index (χ0v) is 16.8. The van der Waals surface area contributed by atoms with Gasteiger partial charge in [-0.25, -0.2) is 4.79 Å². The zero-order chi connectivity index (χ0) is 22.7. The van der Waals surface area contributed by atoms with Crippen molar-refractivity contribution in [1.29, 1.82) is 0 Å². The fourth-order valence-corrected chi connectivity index (χ4v) is 2.83. The Morgan fingerprint density at radius 2 is 1.43 bits per heavy atom. The third-order valence-electron chi connectivity index (χ3n) is 4.68. The van der Waals surface area contributed by atoms with Gasteiger partial charge in [0.1, 0.15) is 6.04 Å². The van der Waals surface area contributed by atoms with Crippen LogP contribution in [0.25, 0.3) is 0 Å². The Kier molecular flexibility index (Phi) is 6.92. The maximum Gasteiger partial charge on any atom is 0.416 e. The highest BCUT2D eigenvalue weighted by Crippen LogP contribution is 2.30. The van der Waals surface area contributed by atoms with Gasteiger partial charge in [-0.3, -0.25) is 4.79 Å². The summed E-state index contributed by atoms with van der Waals surface area (Å²) >= 11 is 0. The minimum absolute atomic E-state index is 0.00870. The second kappa shape index (κ2) is 8.87. The van der Waals surface area contributed by atoms with Gasteiger partial charge in [-0.15, -0.1) is 0 Å². The van der Waals surface area contributed by atoms with E-state index in [-0.39, 0.29) is 17.4 Å². The molecule has 2 aromatic rings. The fraction of sp³-hybridized carbons (Fsp3) is 0.364. The van der Waals surface area contributed by atoms with Gasteiger partial charge < -0.3 is 15.5 Å². The van der Waals surface area contributed by atoms with Gasteiger partial charge in [-0.05, 0) is 34.2 Å². The van der Waals surface area contributed by atoms with Crippen molar-refractivity contribution in [2.45, 2.75) is 50.9 Å². The molecule has 2 atom stereocenters. The van der Waals surface area contributed by atoms with Crippen LogP contribution in [-0.4, -0.2) is 28.1 Å². The number of carboxylic acids is 1. The van der Waals surface area contributed by atoms with Gasteiger partial charge in [0.05, 0.1) is 5.56 Å². The zero-order valence-electron chi connectivity index (χ0n) is 16.8. The van der Waals surface area contributed by atoms with Crippen molar-refractivity contribution < 1.29 is 33.0 Å². The topological polar surface area (TPSA) is 86.6 Å². The third kappa shape index (κ3) is 6.06. The first-order chi connectivity index (χ1) is 13.8. The van der Waals surface area contributed by atoms with Gasteiger partial charge >= 0.3 is 12.1 Å². The first-order valence-electron chi connectivity index (χ1n) is 9.27. The summed E-state index contributed by atoms with van der Waals surface area (Å²) in [6.45, 7) is 6.14. The van der Waals surface area contributed by atoms with E-state index in [4.69, 9.17) is 0 Å². The smallest absolute Gasteiger partial charge is 0.416 e. The highest BCUT2D eigenvalue weighted by molar-refractivity contribution is 5.87. The summed E-state index contributed by atoms with van der Waals surface area (Å²) in [4.78, 5) is 23.8. The number of carboxylic acid groups (broad SMARTS) is 1. The molecule has 30 heavy (non-hydrogen) atoms. The van der Waals surface area contributed by atoms with Crippen LogP contribution in [0.5, 0.6) is 0 Å². The van der Waals surface area contributed by atoms with E-state index in [1.165, 1.54) is 0 Å². The average Bonchev–Trinajstić information content (AvgIpc) is 2.65. The van der Waals surface area contributed by atoms with E-state index in [1.54, 1.807) is 12.1 Å². The normalized spacial score (nSPS) is 14.1. The summed E-state index contributed by atoms with van der Waals surface area (Å²) in [5.41, 5.74) is 0.699. The molecular weight excluding hydrogens is 399 g/mol. The lowest BCUT2D eigenvalue weighted by molar-refractivity contribution is -0.143. The molecule has 8 heteroatoms. The van der Waals surface area contributed by atoms with Gasteiger partial charge in [-0.1, -0.05) is 57.2 Å². The van der Waals surface area contributed by atoms with Crippen molar-refractivity contribution in [1.82, 2.24) is 5.32 Å². The van der Waals surface area contributed by atoms with E-state index in [0.29, 0.717) is 5.56 Å². The summed E-state index contributed by atoms with van der Waals surface area (Å²) in [6, 6.07) is 9.46. The van der Waals surface area contributed by atoms with E-state index in [2.05, 4.69) is 5.32 Å². The molecule has 0 radical (unpaired) electrons. The highest BCUT2D eigenvalue weighted by Gasteiger charge is 2.31. The lowest BCUT2D eigenvalue weighted by Gasteiger charge is -2.20. The quantitative estimate of drug-likeness (QED) is 0.659. The van der Waals surface area contributed by atoms with Crippen molar-refractivity contribution in [3.8, 4) is 0 Å². The van der Waals surface area contributed by atoms with Crippen LogP contribution in [0.4, 0.5) is 13.2 Å². The molecule has 0 bridgehead atoms. The SMILES string of the molecule is CC(C)(C)c1ccc(C[C@H](NC(=O)[C@H](O)c2ccc(C(F)(F)F)cc2)C(=O)O)cc1. The fourth-order valence-electron chi connectivity index (χ4n) is 2.83. The summed E-state index contributed by atoms with van der Waals surface area (Å²) in [5.74, 6) is -2.30. The largest absolute Gasteiger partial charge is 0.480 e. The third-order valence-corrected chi connectivity index (χ3v) is 4.68. The number of benzene rings is 2. The molecule has 5 nitrogen and oxygen atoms in total. The van der Waals surface area contributed by atoms with Crippen LogP contribution in [0, 0.1) is 0 Å². The van der Waals surface area contributed by atoms with E-state index in [0.717, 1.165) is 29.8 Å². The summed E-state index contributed by atoms with van der Waals surface area (Å²) < 4.78 is 37.9. The molecule has 2 aromatic carbocycles. The Balaban J connectivity index is 2.08. The minimum atomic E-state index is -4.54. The maximum atomic E-state index is 12.6. The second-order valence-electron chi connectivity index (χ2n) is 8.07. The number of carbonyl (C=O) groups is 2. The van der Waals surface area contributed by atoms with Gasteiger partial charge in [0.15, 0.2) is 6.10 Å². The van der Waals surface area contributed by atoms with Crippen molar-refractivity contribution in [3.63, 3.8) is 0 Å². The Labute approximate surface area is 172 Å². The molecule has 0 aromatic heterocycles. The van der Waals surface area contributed by atoms with Crippen molar-refractivity contribution in [2.75, 3.05) is 0 Å². The Morgan fingerprint density at radius 1 is 0.933 bits per heavy atom. The van der Waals surface area contributed by atoms with Crippen molar-refractivity contribution in [2.24, 2.45) is 0 Å². The monoisotopic (exact) mass is 423 g/mol. The highest BCUT2D eigenvalue weighted by atomic mass is 19.4. The Bertz CT molecular complexity index is 885. The van der Waals surface area contributed by atoms with Crippen LogP contribution in [-0.2, 0) is 27.6 Å². The van der Waals surface area contributed by atoms with Gasteiger partial charge in [-0.2, -0.15) is 13.2 Å². The number of aliphatic carboxylic acids is 1. The molecule has 162 valence electrons. The predicted molar refractivity (Wildman–Crippen MR) is 105 cm³/mol. The molecule has 3 N–H and O–H groups in total. The molecule has 0 aliphatic rings. The molecule has 0 heterocycles. The number of hydrogen-bond donors (Lipinski definition) is 3. The average molecular weight is 423 g/mol. The number of amides is 1. The molecular formula is C22H24F3NO4. The van der Waals surface area contributed by atoms with Gasteiger partial charge in [0.2, 0.25) is 0 Å². The number of aliphatic hydroxyl groups is 1. The van der Waals surface area contributed by atoms with E-state index >= 15 is 0 Å². The lowest BCUT2D eigenvalue weighted by Crippen LogP contribution is -2.44. The molecule has 0 unspecified atom stereocenters. The number of alkyl halides is 3. The van der Waals surface area contributed by atoms with E-state index in [9.17, 15) is 33.0 Å². The molecule has 0 aliphatic heterocycles. The Hall–Kier alpha value is -2.87. The summed E-state index contributed by atoms with van der Waals surface area (Å²) in [7, 11) is 0. The van der Waals surface area contributed by atoms with Crippen molar-refractivity contribution >= 4 is 11.9 Å². The van der Waals surface area contributed by atoms with Crippen LogP contribution < -0.4 is 5.32 Å². The molecule has 2 rings (SSSR count). The van der Waals surface area contributed by atoms with Gasteiger partial charge in [0, 0.05) is 6.42 Å². The molecule has 0 fully saturated rings. The number of hydrogen-bond acceptors (Lipinski definition) is 3. The van der Waals surface area contributed by atoms with Crippen LogP contribution in [0.15, 0.2) is 48.5 Å². The number of aliphatic hydroxyl groups excluding tert-OH is 1. The van der Waals surface area contributed by atoms with Crippen molar-refractivity contribution in [3.05, 3.63) is 70.8 Å². The number of rotatable bonds is 6. The summed E-state index contributed by atoms with van der Waals surface area (Å²) in [6.07, 6.45) is -6.34. The van der Waals surface area contributed by atoms with Crippen LogP contribution >= 0.6 is 0 Å². The lowest BCUT2D eigenvalue weighted by atomic mass is 9.86. The van der Waals surface area contributed by atoms with Crippen LogP contribution in [0.1, 0.15) is 49.1 Å². The first-order valence-corrected chi connectivity index (χ1v) is 9.27. The summed E-state index contributed by atoms with van der Waals surface area (Å²) in [5, 5.41) is 21.8. The van der Waals surface area contributed by atoms with E-state index < -0.39 is 35.8 Å². The standard InChI is InChI=1S/C22H24F3NO4/c1-21(2,3)15-8-4-13(5-9-15)12-17(20(29)30)26-19(28)18(27)14-6-10-16(11-7-14)22(23,24)25/h4-11,17-18,27H,12H2,1-3H3,(H,26,28)(H,29,30)/t17-,18+/m0/s1. The molecule has 1 amide bonds. The Morgan fingerprint density at radius 3 is 1.87 bits per heavy atom. The first kappa shape index (κ1) is 23.4. The van der Waals surface area contributed by atoms with Crippen LogP contribution in [0.3, 0.4) is 0 Å². The second-order valence-corrected chi connectivity index (χ2v) is 8.07. The molecule has 0 aliphatic carbocycles. The molecule has 0 saturated heterocycles. The number of nitrogens with one attached hydrogen (secondary N) is 1. The maximum absolute atomic E-state index is 12.6.